The van der Waals surface area contributed by atoms with Gasteiger partial charge in [-0.15, -0.1) is 5.10 Å². The summed E-state index contributed by atoms with van der Waals surface area (Å²) in [5.41, 5.74) is 1.80. The summed E-state index contributed by atoms with van der Waals surface area (Å²) in [6.45, 7) is 3.39. The van der Waals surface area contributed by atoms with E-state index in [1.54, 1.807) is 11.1 Å². The van der Waals surface area contributed by atoms with Crippen molar-refractivity contribution in [3.8, 4) is 0 Å². The van der Waals surface area contributed by atoms with Crippen molar-refractivity contribution in [2.24, 2.45) is 0 Å². The summed E-state index contributed by atoms with van der Waals surface area (Å²) in [5.74, 6) is 0.00167. The van der Waals surface area contributed by atoms with Crippen LogP contribution in [0.3, 0.4) is 0 Å². The number of carbonyl (C=O) groups excluding carboxylic acids is 1. The number of hydrogen-bond acceptors (Lipinski definition) is 4. The lowest BCUT2D eigenvalue weighted by Crippen LogP contribution is -2.33. The van der Waals surface area contributed by atoms with Gasteiger partial charge in [-0.2, -0.15) is 0 Å². The maximum atomic E-state index is 12.3. The minimum atomic E-state index is 0.00167. The lowest BCUT2D eigenvalue weighted by Gasteiger charge is -2.20. The smallest absolute Gasteiger partial charge is 0.244 e. The molecule has 6 nitrogen and oxygen atoms in total. The summed E-state index contributed by atoms with van der Waals surface area (Å²) >= 11 is 0. The zero-order valence-electron chi connectivity index (χ0n) is 12.1. The van der Waals surface area contributed by atoms with E-state index in [2.05, 4.69) is 10.3 Å². The molecule has 0 aliphatic carbocycles. The molecule has 1 amide bonds. The first-order valence-corrected chi connectivity index (χ1v) is 7.04. The van der Waals surface area contributed by atoms with Crippen molar-refractivity contribution in [3.05, 3.63) is 47.8 Å². The van der Waals surface area contributed by atoms with Crippen molar-refractivity contribution >= 4 is 5.91 Å². The number of hydrogen-bond donors (Lipinski definition) is 1. The fourth-order valence-corrected chi connectivity index (χ4v) is 2.06. The number of benzene rings is 1. The molecule has 0 unspecified atom stereocenters. The van der Waals surface area contributed by atoms with E-state index in [0.717, 1.165) is 5.56 Å². The summed E-state index contributed by atoms with van der Waals surface area (Å²) in [7, 11) is 0. The molecule has 1 heterocycles. The third-order valence-electron chi connectivity index (χ3n) is 3.20. The Morgan fingerprint density at radius 1 is 1.33 bits per heavy atom. The minimum absolute atomic E-state index is 0.00167. The number of amides is 1. The molecule has 0 saturated heterocycles. The van der Waals surface area contributed by atoms with E-state index in [4.69, 9.17) is 5.11 Å². The van der Waals surface area contributed by atoms with E-state index in [1.807, 2.05) is 37.3 Å². The molecule has 6 heteroatoms. The van der Waals surface area contributed by atoms with E-state index in [0.29, 0.717) is 25.2 Å². The van der Waals surface area contributed by atoms with Gasteiger partial charge in [0.1, 0.15) is 6.54 Å². The Morgan fingerprint density at radius 3 is 2.76 bits per heavy atom. The van der Waals surface area contributed by atoms with Crippen LogP contribution in [0.25, 0.3) is 0 Å². The Balaban J connectivity index is 1.96. The van der Waals surface area contributed by atoms with Crippen LogP contribution >= 0.6 is 0 Å². The van der Waals surface area contributed by atoms with Crippen molar-refractivity contribution in [1.82, 2.24) is 19.9 Å². The summed E-state index contributed by atoms with van der Waals surface area (Å²) in [6, 6.07) is 9.90. The SMILES string of the molecule is CCN(Cc1ccccc1)C(=O)Cn1cc(CCO)nn1. The first-order chi connectivity index (χ1) is 10.2. The van der Waals surface area contributed by atoms with Crippen LogP contribution < -0.4 is 0 Å². The molecular weight excluding hydrogens is 268 g/mol. The molecule has 0 saturated carbocycles. The van der Waals surface area contributed by atoms with Crippen LogP contribution in [-0.4, -0.2) is 44.1 Å². The lowest BCUT2D eigenvalue weighted by molar-refractivity contribution is -0.132. The highest BCUT2D eigenvalue weighted by molar-refractivity contribution is 5.75. The van der Waals surface area contributed by atoms with Gasteiger partial charge in [0.15, 0.2) is 0 Å². The molecule has 0 aliphatic rings. The van der Waals surface area contributed by atoms with E-state index >= 15 is 0 Å². The topological polar surface area (TPSA) is 71.2 Å². The maximum absolute atomic E-state index is 12.3. The quantitative estimate of drug-likeness (QED) is 0.820. The summed E-state index contributed by atoms with van der Waals surface area (Å²) in [4.78, 5) is 14.1. The number of aromatic nitrogens is 3. The van der Waals surface area contributed by atoms with Crippen LogP contribution in [0.5, 0.6) is 0 Å². The summed E-state index contributed by atoms with van der Waals surface area (Å²) < 4.78 is 1.51. The molecule has 0 spiro atoms. The zero-order chi connectivity index (χ0) is 15.1. The zero-order valence-corrected chi connectivity index (χ0v) is 12.1. The van der Waals surface area contributed by atoms with Crippen LogP contribution in [0.15, 0.2) is 36.5 Å². The van der Waals surface area contributed by atoms with Crippen LogP contribution in [0.4, 0.5) is 0 Å². The third kappa shape index (κ3) is 4.39. The second kappa shape index (κ2) is 7.54. The number of aliphatic hydroxyl groups excluding tert-OH is 1. The number of rotatable bonds is 7. The maximum Gasteiger partial charge on any atom is 0.244 e. The van der Waals surface area contributed by atoms with Gasteiger partial charge >= 0.3 is 0 Å². The number of likely N-dealkylation sites (N-methyl/N-ethyl adjacent to an activating group) is 1. The highest BCUT2D eigenvalue weighted by Gasteiger charge is 2.13. The molecule has 0 radical (unpaired) electrons. The molecule has 1 aromatic carbocycles. The summed E-state index contributed by atoms with van der Waals surface area (Å²) in [5, 5.41) is 16.7. The lowest BCUT2D eigenvalue weighted by atomic mass is 10.2. The highest BCUT2D eigenvalue weighted by atomic mass is 16.3. The predicted octanol–water partition coefficient (Wildman–Crippen LogP) is 0.862. The highest BCUT2D eigenvalue weighted by Crippen LogP contribution is 2.05. The van der Waals surface area contributed by atoms with Crippen LogP contribution in [0, 0.1) is 0 Å². The van der Waals surface area contributed by atoms with Crippen molar-refractivity contribution in [3.63, 3.8) is 0 Å². The van der Waals surface area contributed by atoms with Crippen molar-refractivity contribution in [1.29, 1.82) is 0 Å². The molecule has 2 rings (SSSR count). The molecule has 2 aromatic rings. The third-order valence-corrected chi connectivity index (χ3v) is 3.20. The second-order valence-electron chi connectivity index (χ2n) is 4.77. The molecule has 21 heavy (non-hydrogen) atoms. The molecule has 112 valence electrons. The fourth-order valence-electron chi connectivity index (χ4n) is 2.06. The van der Waals surface area contributed by atoms with Gasteiger partial charge < -0.3 is 10.0 Å². The number of aliphatic hydroxyl groups is 1. The Morgan fingerprint density at radius 2 is 2.10 bits per heavy atom. The van der Waals surface area contributed by atoms with Gasteiger partial charge in [0.05, 0.1) is 5.69 Å². The molecule has 1 N–H and O–H groups in total. The molecule has 0 fully saturated rings. The molecule has 1 aromatic heterocycles. The first kappa shape index (κ1) is 15.2. The van der Waals surface area contributed by atoms with E-state index in [9.17, 15) is 4.79 Å². The second-order valence-corrected chi connectivity index (χ2v) is 4.77. The predicted molar refractivity (Wildman–Crippen MR) is 78.3 cm³/mol. The Hall–Kier alpha value is -2.21. The molecule has 0 atom stereocenters. The average Bonchev–Trinajstić information content (AvgIpc) is 2.93. The van der Waals surface area contributed by atoms with Crippen molar-refractivity contribution in [2.75, 3.05) is 13.2 Å². The van der Waals surface area contributed by atoms with Gasteiger partial charge in [0, 0.05) is 32.3 Å². The monoisotopic (exact) mass is 288 g/mol. The Kier molecular flexibility index (Phi) is 5.45. The Labute approximate surface area is 124 Å². The van der Waals surface area contributed by atoms with E-state index < -0.39 is 0 Å². The van der Waals surface area contributed by atoms with E-state index in [-0.39, 0.29) is 19.1 Å². The van der Waals surface area contributed by atoms with Gasteiger partial charge in [-0.05, 0) is 12.5 Å². The van der Waals surface area contributed by atoms with Crippen LogP contribution in [0.2, 0.25) is 0 Å². The van der Waals surface area contributed by atoms with Gasteiger partial charge in [-0.3, -0.25) is 4.79 Å². The first-order valence-electron chi connectivity index (χ1n) is 7.04. The normalized spacial score (nSPS) is 10.6. The fraction of sp³-hybridized carbons (Fsp3) is 0.400. The number of nitrogens with zero attached hydrogens (tertiary/aromatic N) is 4. The minimum Gasteiger partial charge on any atom is -0.396 e. The largest absolute Gasteiger partial charge is 0.396 e. The van der Waals surface area contributed by atoms with Crippen LogP contribution in [-0.2, 0) is 24.3 Å². The van der Waals surface area contributed by atoms with Gasteiger partial charge in [0.25, 0.3) is 0 Å². The van der Waals surface area contributed by atoms with Crippen LogP contribution in [0.1, 0.15) is 18.2 Å². The summed E-state index contributed by atoms with van der Waals surface area (Å²) in [6.07, 6.45) is 2.15. The van der Waals surface area contributed by atoms with Gasteiger partial charge in [-0.25, -0.2) is 4.68 Å². The molecular formula is C15H20N4O2. The van der Waals surface area contributed by atoms with E-state index in [1.165, 1.54) is 4.68 Å². The molecule has 0 aliphatic heterocycles. The Bertz CT molecular complexity index is 568. The molecule has 0 bridgehead atoms. The van der Waals surface area contributed by atoms with Crippen molar-refractivity contribution in [2.45, 2.75) is 26.4 Å². The van der Waals surface area contributed by atoms with Gasteiger partial charge in [0.2, 0.25) is 5.91 Å². The standard InChI is InChI=1S/C15H20N4O2/c1-2-18(10-13-6-4-3-5-7-13)15(21)12-19-11-14(8-9-20)16-17-19/h3-7,11,20H,2,8-10,12H2,1H3. The van der Waals surface area contributed by atoms with Gasteiger partial charge in [-0.1, -0.05) is 35.5 Å². The van der Waals surface area contributed by atoms with Crippen molar-refractivity contribution < 1.29 is 9.90 Å². The average molecular weight is 288 g/mol. The number of carbonyl (C=O) groups is 1.